The lowest BCUT2D eigenvalue weighted by molar-refractivity contribution is -0.907. The quantitative estimate of drug-likeness (QED) is 0.692. The molecule has 4 rings (SSSR count). The maximum absolute atomic E-state index is 10.6. The third-order valence-corrected chi connectivity index (χ3v) is 5.72. The molecule has 1 heterocycles. The van der Waals surface area contributed by atoms with Crippen molar-refractivity contribution >= 4 is 16.5 Å². The number of hydrogen-bond acceptors (Lipinski definition) is 3. The fourth-order valence-corrected chi connectivity index (χ4v) is 4.28. The molecule has 1 fully saturated rings. The van der Waals surface area contributed by atoms with E-state index in [4.69, 9.17) is 4.74 Å². The molecule has 1 atom stereocenters. The molecule has 0 radical (unpaired) electrons. The Morgan fingerprint density at radius 3 is 2.54 bits per heavy atom. The standard InChI is InChI=1S/C24H28N2O2/c1-25(16-19-7-3-4-8-23(19)26-13-5-6-14-26)17-22-21-15-20(28-2)11-9-18(21)10-12-24(22)27/h3-4,7-12,15,27H,5-6,13-14,16-17H2,1-2H3/p+1. The van der Waals surface area contributed by atoms with Crippen LogP contribution in [-0.4, -0.2) is 32.4 Å². The van der Waals surface area contributed by atoms with Crippen molar-refractivity contribution in [3.05, 3.63) is 65.7 Å². The fourth-order valence-electron chi connectivity index (χ4n) is 4.28. The molecule has 3 aromatic rings. The summed E-state index contributed by atoms with van der Waals surface area (Å²) in [4.78, 5) is 3.85. The molecule has 1 saturated heterocycles. The largest absolute Gasteiger partial charge is 0.507 e. The monoisotopic (exact) mass is 377 g/mol. The molecular formula is C24H29N2O2+. The Hall–Kier alpha value is -2.72. The van der Waals surface area contributed by atoms with Crippen molar-refractivity contribution < 1.29 is 14.7 Å². The van der Waals surface area contributed by atoms with Gasteiger partial charge in [-0.15, -0.1) is 0 Å². The van der Waals surface area contributed by atoms with Crippen molar-refractivity contribution in [1.29, 1.82) is 0 Å². The molecular weight excluding hydrogens is 348 g/mol. The van der Waals surface area contributed by atoms with Gasteiger partial charge in [0.2, 0.25) is 0 Å². The van der Waals surface area contributed by atoms with E-state index in [9.17, 15) is 5.11 Å². The summed E-state index contributed by atoms with van der Waals surface area (Å²) in [7, 11) is 3.87. The van der Waals surface area contributed by atoms with Gasteiger partial charge in [-0.2, -0.15) is 0 Å². The third kappa shape index (κ3) is 3.78. The van der Waals surface area contributed by atoms with Gasteiger partial charge in [0, 0.05) is 24.3 Å². The van der Waals surface area contributed by atoms with Gasteiger partial charge in [-0.05, 0) is 47.9 Å². The van der Waals surface area contributed by atoms with Crippen molar-refractivity contribution in [3.63, 3.8) is 0 Å². The fraction of sp³-hybridized carbons (Fsp3) is 0.333. The second kappa shape index (κ2) is 8.11. The van der Waals surface area contributed by atoms with E-state index in [1.165, 1.54) is 29.0 Å². The van der Waals surface area contributed by atoms with E-state index < -0.39 is 0 Å². The average Bonchev–Trinajstić information content (AvgIpc) is 3.25. The van der Waals surface area contributed by atoms with Gasteiger partial charge in [-0.3, -0.25) is 0 Å². The lowest BCUT2D eigenvalue weighted by Gasteiger charge is -2.23. The minimum atomic E-state index is 0.355. The van der Waals surface area contributed by atoms with E-state index >= 15 is 0 Å². The first-order valence-corrected chi connectivity index (χ1v) is 10.1. The molecule has 1 aliphatic rings. The highest BCUT2D eigenvalue weighted by Crippen LogP contribution is 2.30. The van der Waals surface area contributed by atoms with Crippen LogP contribution in [-0.2, 0) is 13.1 Å². The summed E-state index contributed by atoms with van der Waals surface area (Å²) in [6.45, 7) is 3.98. The predicted molar refractivity (Wildman–Crippen MR) is 114 cm³/mol. The van der Waals surface area contributed by atoms with Gasteiger partial charge in [0.1, 0.15) is 24.6 Å². The number of quaternary nitrogens is 1. The van der Waals surface area contributed by atoms with E-state index in [1.54, 1.807) is 13.2 Å². The number of nitrogens with zero attached hydrogens (tertiary/aromatic N) is 1. The summed E-state index contributed by atoms with van der Waals surface area (Å²) in [6.07, 6.45) is 2.56. The minimum absolute atomic E-state index is 0.355. The summed E-state index contributed by atoms with van der Waals surface area (Å²) in [5.41, 5.74) is 3.72. The zero-order chi connectivity index (χ0) is 19.5. The summed E-state index contributed by atoms with van der Waals surface area (Å²) < 4.78 is 5.40. The third-order valence-electron chi connectivity index (χ3n) is 5.72. The van der Waals surface area contributed by atoms with Crippen LogP contribution in [0.15, 0.2) is 54.6 Å². The number of phenols is 1. The van der Waals surface area contributed by atoms with Crippen molar-refractivity contribution in [2.75, 3.05) is 32.1 Å². The average molecular weight is 378 g/mol. The van der Waals surface area contributed by atoms with Crippen LogP contribution in [0.3, 0.4) is 0 Å². The van der Waals surface area contributed by atoms with Crippen LogP contribution in [0.4, 0.5) is 5.69 Å². The lowest BCUT2D eigenvalue weighted by atomic mass is 10.0. The molecule has 1 aliphatic heterocycles. The van der Waals surface area contributed by atoms with Crippen LogP contribution in [0, 0.1) is 0 Å². The Morgan fingerprint density at radius 2 is 1.75 bits per heavy atom. The van der Waals surface area contributed by atoms with Crippen molar-refractivity contribution in [1.82, 2.24) is 0 Å². The maximum Gasteiger partial charge on any atom is 0.125 e. The van der Waals surface area contributed by atoms with E-state index in [0.29, 0.717) is 5.75 Å². The summed E-state index contributed by atoms with van der Waals surface area (Å²) in [5, 5.41) is 12.7. The number of aromatic hydroxyl groups is 1. The number of ether oxygens (including phenoxy) is 1. The van der Waals surface area contributed by atoms with Crippen molar-refractivity contribution in [3.8, 4) is 11.5 Å². The number of phenolic OH excluding ortho intramolecular Hbond substituents is 1. The Bertz CT molecular complexity index is 964. The summed E-state index contributed by atoms with van der Waals surface area (Å²) >= 11 is 0. The second-order valence-electron chi connectivity index (χ2n) is 7.78. The van der Waals surface area contributed by atoms with Crippen molar-refractivity contribution in [2.24, 2.45) is 0 Å². The number of nitrogens with one attached hydrogen (secondary N) is 1. The van der Waals surface area contributed by atoms with Crippen LogP contribution in [0.2, 0.25) is 0 Å². The SMILES string of the molecule is COc1ccc2ccc(O)c(C[NH+](C)Cc3ccccc3N3CCCC3)c2c1. The van der Waals surface area contributed by atoms with E-state index in [-0.39, 0.29) is 0 Å². The van der Waals surface area contributed by atoms with Gasteiger partial charge in [0.15, 0.2) is 0 Å². The molecule has 0 aliphatic carbocycles. The molecule has 28 heavy (non-hydrogen) atoms. The first kappa shape index (κ1) is 18.6. The van der Waals surface area contributed by atoms with Crippen LogP contribution < -0.4 is 14.5 Å². The Labute approximate surface area is 167 Å². The number of rotatable bonds is 6. The van der Waals surface area contributed by atoms with E-state index in [2.05, 4.69) is 42.3 Å². The zero-order valence-electron chi connectivity index (χ0n) is 16.7. The smallest absolute Gasteiger partial charge is 0.125 e. The lowest BCUT2D eigenvalue weighted by Crippen LogP contribution is -3.06. The van der Waals surface area contributed by atoms with Crippen LogP contribution in [0.25, 0.3) is 10.8 Å². The second-order valence-corrected chi connectivity index (χ2v) is 7.78. The topological polar surface area (TPSA) is 37.1 Å². The molecule has 0 bridgehead atoms. The molecule has 0 amide bonds. The zero-order valence-corrected chi connectivity index (χ0v) is 16.7. The molecule has 4 nitrogen and oxygen atoms in total. The summed E-state index contributed by atoms with van der Waals surface area (Å²) in [5.74, 6) is 1.17. The predicted octanol–water partition coefficient (Wildman–Crippen LogP) is 3.37. The number of fused-ring (bicyclic) bond motifs is 1. The van der Waals surface area contributed by atoms with Crippen LogP contribution in [0.5, 0.6) is 11.5 Å². The molecule has 1 unspecified atom stereocenters. The first-order valence-electron chi connectivity index (χ1n) is 10.1. The number of para-hydroxylation sites is 1. The first-order chi connectivity index (χ1) is 13.7. The number of benzene rings is 3. The highest BCUT2D eigenvalue weighted by Gasteiger charge is 2.19. The van der Waals surface area contributed by atoms with Gasteiger partial charge >= 0.3 is 0 Å². The maximum atomic E-state index is 10.6. The highest BCUT2D eigenvalue weighted by molar-refractivity contribution is 5.88. The minimum Gasteiger partial charge on any atom is -0.507 e. The van der Waals surface area contributed by atoms with Crippen LogP contribution in [0.1, 0.15) is 24.0 Å². The number of anilines is 1. The Kier molecular flexibility index (Phi) is 5.40. The van der Waals surface area contributed by atoms with Crippen LogP contribution >= 0.6 is 0 Å². The molecule has 4 heteroatoms. The van der Waals surface area contributed by atoms with Crippen molar-refractivity contribution in [2.45, 2.75) is 25.9 Å². The van der Waals surface area contributed by atoms with Gasteiger partial charge < -0.3 is 19.6 Å². The number of methoxy groups -OCH3 is 1. The van der Waals surface area contributed by atoms with Gasteiger partial charge in [-0.25, -0.2) is 0 Å². The normalized spacial score (nSPS) is 15.1. The van der Waals surface area contributed by atoms with Gasteiger partial charge in [0.25, 0.3) is 0 Å². The van der Waals surface area contributed by atoms with E-state index in [0.717, 1.165) is 48.3 Å². The van der Waals surface area contributed by atoms with Gasteiger partial charge in [0.05, 0.1) is 19.7 Å². The highest BCUT2D eigenvalue weighted by atomic mass is 16.5. The number of hydrogen-bond donors (Lipinski definition) is 2. The molecule has 146 valence electrons. The molecule has 2 N–H and O–H groups in total. The molecule has 0 saturated carbocycles. The molecule has 0 spiro atoms. The molecule has 3 aromatic carbocycles. The van der Waals surface area contributed by atoms with E-state index in [1.807, 2.05) is 18.2 Å². The Balaban J connectivity index is 1.59. The summed E-state index contributed by atoms with van der Waals surface area (Å²) in [6, 6.07) is 18.5. The van der Waals surface area contributed by atoms with Gasteiger partial charge in [-0.1, -0.05) is 30.3 Å². The Morgan fingerprint density at radius 1 is 1.00 bits per heavy atom. The molecule has 0 aromatic heterocycles.